The number of H-pyrrole nitrogens is 1. The van der Waals surface area contributed by atoms with Crippen molar-refractivity contribution in [3.05, 3.63) is 53.2 Å². The fourth-order valence-corrected chi connectivity index (χ4v) is 4.66. The molecule has 3 aromatic rings. The van der Waals surface area contributed by atoms with Crippen LogP contribution in [0.5, 0.6) is 5.75 Å². The molecule has 2 aromatic carbocycles. The predicted octanol–water partition coefficient (Wildman–Crippen LogP) is 0.207. The molecule has 0 amide bonds. The van der Waals surface area contributed by atoms with Gasteiger partial charge in [0.25, 0.3) is 0 Å². The van der Waals surface area contributed by atoms with E-state index < -0.39 is 47.3 Å². The van der Waals surface area contributed by atoms with Crippen LogP contribution in [0.1, 0.15) is 16.8 Å². The Morgan fingerprint density at radius 3 is 2.46 bits per heavy atom. The molecule has 1 saturated heterocycles. The van der Waals surface area contributed by atoms with Crippen LogP contribution < -0.4 is 9.46 Å². The number of nitrogens with zero attached hydrogens (tertiary/aromatic N) is 1. The molecule has 5 atom stereocenters. The zero-order chi connectivity index (χ0) is 25.3. The van der Waals surface area contributed by atoms with Crippen molar-refractivity contribution in [3.8, 4) is 5.75 Å². The number of anilines is 1. The first kappa shape index (κ1) is 25.4. The first-order valence-corrected chi connectivity index (χ1v) is 13.0. The number of hydrogen-bond donors (Lipinski definition) is 6. The SMILES string of the molecule is Cc1cc(OC2OC(CO)C(O)C(O)C2O)c2c(CCc3ccc(NS(C)(=O)=O)cc3)[nH]nc2c1. The maximum absolute atomic E-state index is 11.4. The summed E-state index contributed by atoms with van der Waals surface area (Å²) in [6.45, 7) is 1.31. The van der Waals surface area contributed by atoms with Crippen molar-refractivity contribution in [2.45, 2.75) is 50.5 Å². The van der Waals surface area contributed by atoms with Crippen molar-refractivity contribution in [1.82, 2.24) is 10.2 Å². The van der Waals surface area contributed by atoms with Gasteiger partial charge >= 0.3 is 0 Å². The van der Waals surface area contributed by atoms with Crippen molar-refractivity contribution in [3.63, 3.8) is 0 Å². The molecule has 2 heterocycles. The zero-order valence-corrected chi connectivity index (χ0v) is 20.1. The van der Waals surface area contributed by atoms with E-state index >= 15 is 0 Å². The van der Waals surface area contributed by atoms with Crippen LogP contribution in [0.2, 0.25) is 0 Å². The smallest absolute Gasteiger partial charge is 0.229 e. The Hall–Kier alpha value is -2.74. The minimum Gasteiger partial charge on any atom is -0.461 e. The number of fused-ring (bicyclic) bond motifs is 1. The number of aliphatic hydroxyl groups is 4. The normalized spacial score (nSPS) is 25.0. The third-order valence-electron chi connectivity index (χ3n) is 5.85. The molecular weight excluding hydrogens is 478 g/mol. The summed E-state index contributed by atoms with van der Waals surface area (Å²) in [5, 5.41) is 48.0. The molecule has 1 aliphatic heterocycles. The number of aromatic nitrogens is 2. The summed E-state index contributed by atoms with van der Waals surface area (Å²) < 4.78 is 36.6. The molecule has 1 aliphatic rings. The predicted molar refractivity (Wildman–Crippen MR) is 128 cm³/mol. The maximum atomic E-state index is 11.4. The lowest BCUT2D eigenvalue weighted by molar-refractivity contribution is -0.277. The first-order chi connectivity index (χ1) is 16.6. The third kappa shape index (κ3) is 5.74. The van der Waals surface area contributed by atoms with E-state index in [0.29, 0.717) is 35.2 Å². The fraction of sp³-hybridized carbons (Fsp3) is 0.435. The fourth-order valence-electron chi connectivity index (χ4n) is 4.10. The zero-order valence-electron chi connectivity index (χ0n) is 19.2. The molecule has 11 nitrogen and oxygen atoms in total. The molecule has 6 N–H and O–H groups in total. The van der Waals surface area contributed by atoms with Crippen molar-refractivity contribution in [1.29, 1.82) is 0 Å². The lowest BCUT2D eigenvalue weighted by Crippen LogP contribution is -2.60. The van der Waals surface area contributed by atoms with Crippen molar-refractivity contribution in [2.24, 2.45) is 0 Å². The minimum absolute atomic E-state index is 0.376. The first-order valence-electron chi connectivity index (χ1n) is 11.1. The van der Waals surface area contributed by atoms with Gasteiger partial charge in [0.05, 0.1) is 23.8 Å². The number of rotatable bonds is 8. The summed E-state index contributed by atoms with van der Waals surface area (Å²) in [7, 11) is -3.35. The van der Waals surface area contributed by atoms with Crippen LogP contribution in [-0.2, 0) is 27.6 Å². The van der Waals surface area contributed by atoms with Crippen LogP contribution in [0.15, 0.2) is 36.4 Å². The highest BCUT2D eigenvalue weighted by Crippen LogP contribution is 2.33. The number of hydrogen-bond acceptors (Lipinski definition) is 9. The van der Waals surface area contributed by atoms with Crippen LogP contribution in [0.3, 0.4) is 0 Å². The number of aromatic amines is 1. The standard InChI is InChI=1S/C23H29N3O8S/c1-12-9-16-19(17(10-12)33-23-22(30)21(29)20(28)18(11-27)34-23)15(24-25-16)8-5-13-3-6-14(7-4-13)26-35(2,31)32/h3-4,6-7,9-10,18,20-23,26-30H,5,8,11H2,1-2H3,(H,24,25). The summed E-state index contributed by atoms with van der Waals surface area (Å²) in [4.78, 5) is 0. The van der Waals surface area contributed by atoms with E-state index in [1.54, 1.807) is 18.2 Å². The van der Waals surface area contributed by atoms with Gasteiger partial charge in [0.15, 0.2) is 0 Å². The van der Waals surface area contributed by atoms with E-state index in [1.807, 2.05) is 25.1 Å². The topological polar surface area (TPSA) is 174 Å². The molecular formula is C23H29N3O8S. The van der Waals surface area contributed by atoms with Gasteiger partial charge in [0.2, 0.25) is 16.3 Å². The quantitative estimate of drug-likeness (QED) is 0.249. The van der Waals surface area contributed by atoms with Crippen LogP contribution in [0, 0.1) is 6.92 Å². The average Bonchev–Trinajstić information content (AvgIpc) is 3.20. The van der Waals surface area contributed by atoms with Crippen molar-refractivity contribution >= 4 is 26.6 Å². The van der Waals surface area contributed by atoms with Crippen LogP contribution in [0.4, 0.5) is 5.69 Å². The summed E-state index contributed by atoms with van der Waals surface area (Å²) in [6.07, 6.45) is -4.66. The highest BCUT2D eigenvalue weighted by molar-refractivity contribution is 7.92. The van der Waals surface area contributed by atoms with Gasteiger partial charge in [-0.05, 0) is 55.2 Å². The van der Waals surface area contributed by atoms with Gasteiger partial charge in [0, 0.05) is 11.4 Å². The monoisotopic (exact) mass is 507 g/mol. The summed E-state index contributed by atoms with van der Waals surface area (Å²) in [5.74, 6) is 0.376. The van der Waals surface area contributed by atoms with E-state index in [9.17, 15) is 28.8 Å². The van der Waals surface area contributed by atoms with E-state index in [4.69, 9.17) is 9.47 Å². The molecule has 1 aromatic heterocycles. The molecule has 0 saturated carbocycles. The van der Waals surface area contributed by atoms with Gasteiger partial charge in [-0.15, -0.1) is 0 Å². The summed E-state index contributed by atoms with van der Waals surface area (Å²) >= 11 is 0. The molecule has 0 bridgehead atoms. The molecule has 12 heteroatoms. The molecule has 190 valence electrons. The van der Waals surface area contributed by atoms with E-state index in [2.05, 4.69) is 14.9 Å². The lowest BCUT2D eigenvalue weighted by Gasteiger charge is -2.39. The van der Waals surface area contributed by atoms with Gasteiger partial charge in [0.1, 0.15) is 30.2 Å². The molecule has 1 fully saturated rings. The van der Waals surface area contributed by atoms with Gasteiger partial charge in [-0.3, -0.25) is 9.82 Å². The van der Waals surface area contributed by atoms with Crippen molar-refractivity contribution in [2.75, 3.05) is 17.6 Å². The van der Waals surface area contributed by atoms with Gasteiger partial charge in [-0.25, -0.2) is 8.42 Å². The Balaban J connectivity index is 1.55. The lowest BCUT2D eigenvalue weighted by atomic mass is 9.99. The summed E-state index contributed by atoms with van der Waals surface area (Å²) in [5.41, 5.74) is 3.73. The molecule has 0 aliphatic carbocycles. The van der Waals surface area contributed by atoms with Crippen LogP contribution in [0.25, 0.3) is 10.9 Å². The Morgan fingerprint density at radius 2 is 1.80 bits per heavy atom. The third-order valence-corrected chi connectivity index (χ3v) is 6.46. The summed E-state index contributed by atoms with van der Waals surface area (Å²) in [6, 6.07) is 10.7. The molecule has 0 radical (unpaired) electrons. The second kappa shape index (κ2) is 10.1. The van der Waals surface area contributed by atoms with Crippen molar-refractivity contribution < 1.29 is 38.3 Å². The second-order valence-corrected chi connectivity index (χ2v) is 10.5. The Morgan fingerprint density at radius 1 is 1.09 bits per heavy atom. The largest absolute Gasteiger partial charge is 0.461 e. The minimum atomic E-state index is -3.35. The number of benzene rings is 2. The number of aliphatic hydroxyl groups excluding tert-OH is 4. The van der Waals surface area contributed by atoms with Gasteiger partial charge in [-0.1, -0.05) is 12.1 Å². The van der Waals surface area contributed by atoms with Crippen LogP contribution >= 0.6 is 0 Å². The van der Waals surface area contributed by atoms with Crippen LogP contribution in [-0.4, -0.2) is 82.6 Å². The average molecular weight is 508 g/mol. The number of sulfonamides is 1. The number of ether oxygens (including phenoxy) is 2. The molecule has 35 heavy (non-hydrogen) atoms. The highest BCUT2D eigenvalue weighted by atomic mass is 32.2. The molecule has 5 unspecified atom stereocenters. The van der Waals surface area contributed by atoms with E-state index in [1.165, 1.54) is 0 Å². The van der Waals surface area contributed by atoms with E-state index in [0.717, 1.165) is 23.1 Å². The number of nitrogens with one attached hydrogen (secondary N) is 2. The highest BCUT2D eigenvalue weighted by Gasteiger charge is 2.45. The molecule has 0 spiro atoms. The second-order valence-electron chi connectivity index (χ2n) is 8.75. The van der Waals surface area contributed by atoms with Gasteiger partial charge in [-0.2, -0.15) is 5.10 Å². The number of aryl methyl sites for hydroxylation is 3. The Bertz CT molecular complexity index is 1280. The molecule has 4 rings (SSSR count). The van der Waals surface area contributed by atoms with Gasteiger partial charge < -0.3 is 29.9 Å². The Labute approximate surface area is 202 Å². The maximum Gasteiger partial charge on any atom is 0.229 e. The van der Waals surface area contributed by atoms with E-state index in [-0.39, 0.29) is 0 Å². The Kier molecular flexibility index (Phi) is 7.31.